The van der Waals surface area contributed by atoms with Gasteiger partial charge in [-0.05, 0) is 25.5 Å². The Labute approximate surface area is 66.9 Å². The smallest absolute Gasteiger partial charge is 0.164 e. The van der Waals surface area contributed by atoms with Gasteiger partial charge in [-0.25, -0.2) is 4.39 Å². The van der Waals surface area contributed by atoms with Crippen LogP contribution < -0.4 is 0 Å². The molecule has 0 amide bonds. The lowest BCUT2D eigenvalue weighted by Gasteiger charge is -2.07. The maximum Gasteiger partial charge on any atom is 0.164 e. The van der Waals surface area contributed by atoms with Gasteiger partial charge in [0.05, 0.1) is 6.61 Å². The van der Waals surface area contributed by atoms with E-state index in [0.29, 0.717) is 12.2 Å². The number of halogens is 1. The average Bonchev–Trinajstić information content (AvgIpc) is 1.98. The summed E-state index contributed by atoms with van der Waals surface area (Å²) in [6.45, 7) is 10.8. The highest BCUT2D eigenvalue weighted by Gasteiger charge is 2.04. The van der Waals surface area contributed by atoms with Crippen LogP contribution in [0.5, 0.6) is 0 Å². The summed E-state index contributed by atoms with van der Waals surface area (Å²) in [7, 11) is 0. The summed E-state index contributed by atoms with van der Waals surface area (Å²) in [5.74, 6) is -0.262. The zero-order chi connectivity index (χ0) is 8.85. The molecule has 62 valence electrons. The Kier molecular flexibility index (Phi) is 4.27. The van der Waals surface area contributed by atoms with Crippen LogP contribution in [0.25, 0.3) is 0 Å². The third-order valence-corrected chi connectivity index (χ3v) is 1.07. The molecular weight excluding hydrogens is 143 g/mol. The highest BCUT2D eigenvalue weighted by molar-refractivity contribution is 5.28. The molecule has 0 aliphatic rings. The van der Waals surface area contributed by atoms with Crippen LogP contribution in [0.2, 0.25) is 0 Å². The summed E-state index contributed by atoms with van der Waals surface area (Å²) < 4.78 is 17.8. The maximum atomic E-state index is 12.8. The van der Waals surface area contributed by atoms with E-state index in [1.165, 1.54) is 0 Å². The van der Waals surface area contributed by atoms with E-state index in [0.717, 1.165) is 6.08 Å². The van der Waals surface area contributed by atoms with Crippen LogP contribution in [0.3, 0.4) is 0 Å². The van der Waals surface area contributed by atoms with Crippen molar-refractivity contribution in [2.24, 2.45) is 0 Å². The molecule has 0 bridgehead atoms. The monoisotopic (exact) mass is 156 g/mol. The fourth-order valence-electron chi connectivity index (χ4n) is 0.633. The van der Waals surface area contributed by atoms with Crippen LogP contribution >= 0.6 is 0 Å². The predicted octanol–water partition coefficient (Wildman–Crippen LogP) is 2.97. The number of hydrogen-bond acceptors (Lipinski definition) is 1. The SMILES string of the molecule is C=C/C(F)=C(/OCC)C(=C)C. The first kappa shape index (κ1) is 9.95. The highest BCUT2D eigenvalue weighted by atomic mass is 19.1. The topological polar surface area (TPSA) is 9.23 Å². The maximum absolute atomic E-state index is 12.8. The van der Waals surface area contributed by atoms with Crippen LogP contribution in [-0.4, -0.2) is 6.61 Å². The van der Waals surface area contributed by atoms with Gasteiger partial charge in [-0.3, -0.25) is 0 Å². The molecule has 0 atom stereocenters. The van der Waals surface area contributed by atoms with Crippen molar-refractivity contribution < 1.29 is 9.13 Å². The van der Waals surface area contributed by atoms with E-state index in [1.807, 2.05) is 0 Å². The molecule has 0 aliphatic carbocycles. The van der Waals surface area contributed by atoms with Crippen LogP contribution in [0, 0.1) is 0 Å². The molecule has 11 heavy (non-hydrogen) atoms. The number of hydrogen-bond donors (Lipinski definition) is 0. The molecule has 0 aliphatic heterocycles. The number of ether oxygens (including phenoxy) is 1. The molecule has 0 aromatic heterocycles. The second kappa shape index (κ2) is 4.72. The molecule has 0 radical (unpaired) electrons. The second-order valence-corrected chi connectivity index (χ2v) is 2.09. The lowest BCUT2D eigenvalue weighted by molar-refractivity contribution is 0.228. The van der Waals surface area contributed by atoms with E-state index in [4.69, 9.17) is 4.74 Å². The Bertz CT molecular complexity index is 192. The van der Waals surface area contributed by atoms with Crippen molar-refractivity contribution >= 4 is 0 Å². The fraction of sp³-hybridized carbons (Fsp3) is 0.333. The normalized spacial score (nSPS) is 11.9. The van der Waals surface area contributed by atoms with Crippen molar-refractivity contribution in [2.45, 2.75) is 13.8 Å². The van der Waals surface area contributed by atoms with Gasteiger partial charge in [-0.2, -0.15) is 0 Å². The third-order valence-electron chi connectivity index (χ3n) is 1.07. The van der Waals surface area contributed by atoms with Crippen molar-refractivity contribution in [1.29, 1.82) is 0 Å². The highest BCUT2D eigenvalue weighted by Crippen LogP contribution is 2.15. The van der Waals surface area contributed by atoms with Gasteiger partial charge in [-0.15, -0.1) is 0 Å². The van der Waals surface area contributed by atoms with E-state index < -0.39 is 5.83 Å². The van der Waals surface area contributed by atoms with Gasteiger partial charge in [0.1, 0.15) is 0 Å². The lowest BCUT2D eigenvalue weighted by atomic mass is 10.2. The first-order chi connectivity index (χ1) is 5.13. The molecule has 0 heterocycles. The predicted molar refractivity (Wildman–Crippen MR) is 44.8 cm³/mol. The largest absolute Gasteiger partial charge is 0.491 e. The molecule has 0 unspecified atom stereocenters. The molecule has 0 N–H and O–H groups in total. The van der Waals surface area contributed by atoms with Crippen molar-refractivity contribution in [3.05, 3.63) is 36.4 Å². The molecule has 2 heteroatoms. The minimum atomic E-state index is -0.459. The summed E-state index contributed by atoms with van der Waals surface area (Å²) in [6.07, 6.45) is 1.11. The Morgan fingerprint density at radius 3 is 2.45 bits per heavy atom. The molecule has 0 fully saturated rings. The van der Waals surface area contributed by atoms with Crippen LogP contribution in [0.1, 0.15) is 13.8 Å². The molecule has 0 aromatic rings. The summed E-state index contributed by atoms with van der Waals surface area (Å²) >= 11 is 0. The minimum Gasteiger partial charge on any atom is -0.491 e. The van der Waals surface area contributed by atoms with E-state index in [9.17, 15) is 4.39 Å². The van der Waals surface area contributed by atoms with Gasteiger partial charge < -0.3 is 4.74 Å². The molecular formula is C9H13FO. The van der Waals surface area contributed by atoms with Crippen LogP contribution in [0.4, 0.5) is 4.39 Å². The molecule has 0 rings (SSSR count). The zero-order valence-corrected chi connectivity index (χ0v) is 6.98. The molecule has 0 saturated carbocycles. The van der Waals surface area contributed by atoms with Gasteiger partial charge in [0.2, 0.25) is 0 Å². The molecule has 1 nitrogen and oxygen atoms in total. The van der Waals surface area contributed by atoms with E-state index in [2.05, 4.69) is 13.2 Å². The van der Waals surface area contributed by atoms with Crippen molar-refractivity contribution in [1.82, 2.24) is 0 Å². The summed E-state index contributed by atoms with van der Waals surface area (Å²) in [4.78, 5) is 0. The Morgan fingerprint density at radius 2 is 2.18 bits per heavy atom. The Hall–Kier alpha value is -1.05. The Morgan fingerprint density at radius 1 is 1.64 bits per heavy atom. The number of rotatable bonds is 4. The van der Waals surface area contributed by atoms with Gasteiger partial charge in [0, 0.05) is 0 Å². The second-order valence-electron chi connectivity index (χ2n) is 2.09. The van der Waals surface area contributed by atoms with Gasteiger partial charge in [-0.1, -0.05) is 13.2 Å². The minimum absolute atomic E-state index is 0.197. The third kappa shape index (κ3) is 3.03. The van der Waals surface area contributed by atoms with Gasteiger partial charge in [0.25, 0.3) is 0 Å². The standard InChI is InChI=1S/C9H13FO/c1-5-8(10)9(7(3)4)11-6-2/h5H,1,3,6H2,2,4H3/b9-8-. The summed E-state index contributed by atoms with van der Waals surface area (Å²) in [6, 6.07) is 0. The van der Waals surface area contributed by atoms with Crippen LogP contribution in [0.15, 0.2) is 36.4 Å². The summed E-state index contributed by atoms with van der Waals surface area (Å²) in [5, 5.41) is 0. The molecule has 0 saturated heterocycles. The lowest BCUT2D eigenvalue weighted by Crippen LogP contribution is -1.94. The molecule has 0 aromatic carbocycles. The van der Waals surface area contributed by atoms with Crippen molar-refractivity contribution in [3.63, 3.8) is 0 Å². The number of allylic oxidation sites excluding steroid dienone is 3. The van der Waals surface area contributed by atoms with Crippen molar-refractivity contribution in [2.75, 3.05) is 6.61 Å². The van der Waals surface area contributed by atoms with E-state index in [-0.39, 0.29) is 5.76 Å². The van der Waals surface area contributed by atoms with Gasteiger partial charge in [0.15, 0.2) is 11.6 Å². The van der Waals surface area contributed by atoms with E-state index in [1.54, 1.807) is 13.8 Å². The average molecular weight is 156 g/mol. The van der Waals surface area contributed by atoms with Crippen molar-refractivity contribution in [3.8, 4) is 0 Å². The molecule has 0 spiro atoms. The van der Waals surface area contributed by atoms with Crippen LogP contribution in [-0.2, 0) is 4.74 Å². The zero-order valence-electron chi connectivity index (χ0n) is 6.98. The first-order valence-electron chi connectivity index (χ1n) is 3.44. The fourth-order valence-corrected chi connectivity index (χ4v) is 0.633. The summed E-state index contributed by atoms with van der Waals surface area (Å²) in [5.41, 5.74) is 0.573. The Balaban J connectivity index is 4.56. The quantitative estimate of drug-likeness (QED) is 0.449. The van der Waals surface area contributed by atoms with E-state index >= 15 is 0 Å². The van der Waals surface area contributed by atoms with Gasteiger partial charge >= 0.3 is 0 Å². The first-order valence-corrected chi connectivity index (χ1v) is 3.44.